The molecule has 0 saturated carbocycles. The molecule has 4 heteroatoms. The highest BCUT2D eigenvalue weighted by atomic mass is 79.9. The van der Waals surface area contributed by atoms with Gasteiger partial charge >= 0.3 is 0 Å². The Balaban J connectivity index is 2.90. The number of rotatable bonds is 3. The lowest BCUT2D eigenvalue weighted by molar-refractivity contribution is 1.26. The van der Waals surface area contributed by atoms with Gasteiger partial charge in [-0.1, -0.05) is 39.7 Å². The van der Waals surface area contributed by atoms with E-state index in [0.717, 1.165) is 17.3 Å². The predicted molar refractivity (Wildman–Crippen MR) is 61.4 cm³/mol. The summed E-state index contributed by atoms with van der Waals surface area (Å²) in [6.45, 7) is 0. The zero-order valence-corrected chi connectivity index (χ0v) is 9.72. The summed E-state index contributed by atoms with van der Waals surface area (Å²) in [7, 11) is 0. The van der Waals surface area contributed by atoms with E-state index in [1.807, 2.05) is 18.2 Å². The van der Waals surface area contributed by atoms with E-state index in [-0.39, 0.29) is 0 Å². The van der Waals surface area contributed by atoms with Gasteiger partial charge in [0.2, 0.25) is 0 Å². The number of pyridine rings is 1. The highest BCUT2D eigenvalue weighted by Gasteiger charge is 1.99. The summed E-state index contributed by atoms with van der Waals surface area (Å²) in [5.41, 5.74) is 1.31. The van der Waals surface area contributed by atoms with E-state index in [0.29, 0.717) is 10.7 Å². The maximum absolute atomic E-state index is 8.66. The number of allylic oxidation sites excluding steroid dienone is 1. The van der Waals surface area contributed by atoms with Gasteiger partial charge in [0.25, 0.3) is 0 Å². The maximum atomic E-state index is 8.66. The summed E-state index contributed by atoms with van der Waals surface area (Å²) < 4.78 is 0. The van der Waals surface area contributed by atoms with Crippen molar-refractivity contribution in [3.8, 4) is 6.07 Å². The van der Waals surface area contributed by atoms with E-state index in [1.54, 1.807) is 6.07 Å². The van der Waals surface area contributed by atoms with E-state index in [2.05, 4.69) is 20.9 Å². The number of aromatic nitrogens is 1. The number of hydrogen-bond donors (Lipinski definition) is 0. The third kappa shape index (κ3) is 3.13. The lowest BCUT2D eigenvalue weighted by Gasteiger charge is -1.96. The van der Waals surface area contributed by atoms with Crippen LogP contribution < -0.4 is 0 Å². The van der Waals surface area contributed by atoms with Crippen LogP contribution in [0.25, 0.3) is 6.08 Å². The monoisotopic (exact) mass is 270 g/mol. The minimum absolute atomic E-state index is 0.426. The van der Waals surface area contributed by atoms with Crippen molar-refractivity contribution in [2.24, 2.45) is 0 Å². The van der Waals surface area contributed by atoms with Crippen LogP contribution in [0.5, 0.6) is 0 Å². The molecule has 0 saturated heterocycles. The van der Waals surface area contributed by atoms with Gasteiger partial charge in [-0.15, -0.1) is 0 Å². The molecule has 0 radical (unpaired) electrons. The fourth-order valence-electron chi connectivity index (χ4n) is 0.916. The zero-order valence-electron chi connectivity index (χ0n) is 7.37. The fraction of sp³-hybridized carbons (Fsp3) is 0.200. The standard InChI is InChI=1S/C10H8BrClN2/c11-4-2-1-3-9-5-8(6-13)7-14-10(9)12/h1,3,5,7H,2,4H2. The van der Waals surface area contributed by atoms with Crippen molar-refractivity contribution in [3.05, 3.63) is 34.6 Å². The first-order chi connectivity index (χ1) is 6.77. The maximum Gasteiger partial charge on any atom is 0.136 e. The van der Waals surface area contributed by atoms with Crippen molar-refractivity contribution in [1.82, 2.24) is 4.98 Å². The molecular weight excluding hydrogens is 263 g/mol. The SMILES string of the molecule is N#Cc1cnc(Cl)c(C=CCCBr)c1. The number of alkyl halides is 1. The molecule has 0 spiro atoms. The molecule has 1 aromatic heterocycles. The number of hydrogen-bond acceptors (Lipinski definition) is 2. The molecule has 1 rings (SSSR count). The first-order valence-corrected chi connectivity index (χ1v) is 5.56. The molecule has 0 N–H and O–H groups in total. The van der Waals surface area contributed by atoms with Gasteiger partial charge in [-0.25, -0.2) is 4.98 Å². The van der Waals surface area contributed by atoms with E-state index in [1.165, 1.54) is 6.20 Å². The number of nitrogens with zero attached hydrogens (tertiary/aromatic N) is 2. The second-order valence-corrected chi connectivity index (χ2v) is 3.75. The highest BCUT2D eigenvalue weighted by Crippen LogP contribution is 2.15. The van der Waals surface area contributed by atoms with E-state index in [9.17, 15) is 0 Å². The molecule has 14 heavy (non-hydrogen) atoms. The quantitative estimate of drug-likeness (QED) is 0.624. The Morgan fingerprint density at radius 2 is 2.43 bits per heavy atom. The third-order valence-electron chi connectivity index (χ3n) is 1.57. The summed E-state index contributed by atoms with van der Waals surface area (Å²) in [5.74, 6) is 0. The van der Waals surface area contributed by atoms with E-state index >= 15 is 0 Å². The van der Waals surface area contributed by atoms with Crippen LogP contribution >= 0.6 is 27.5 Å². The van der Waals surface area contributed by atoms with Gasteiger partial charge in [-0.2, -0.15) is 5.26 Å². The summed E-state index contributed by atoms with van der Waals surface area (Å²) in [6.07, 6.45) is 6.24. The smallest absolute Gasteiger partial charge is 0.136 e. The molecule has 0 aliphatic carbocycles. The minimum atomic E-state index is 0.426. The molecular formula is C10H8BrClN2. The van der Waals surface area contributed by atoms with Gasteiger partial charge in [0, 0.05) is 17.1 Å². The average molecular weight is 272 g/mol. The van der Waals surface area contributed by atoms with Crippen LogP contribution in [0.1, 0.15) is 17.5 Å². The lowest BCUT2D eigenvalue weighted by atomic mass is 10.2. The molecule has 0 atom stereocenters. The minimum Gasteiger partial charge on any atom is -0.243 e. The topological polar surface area (TPSA) is 36.7 Å². The van der Waals surface area contributed by atoms with Gasteiger partial charge < -0.3 is 0 Å². The molecule has 1 aromatic rings. The number of halogens is 2. The van der Waals surface area contributed by atoms with Gasteiger partial charge in [0.15, 0.2) is 0 Å². The molecule has 72 valence electrons. The van der Waals surface area contributed by atoms with Crippen molar-refractivity contribution in [2.45, 2.75) is 6.42 Å². The van der Waals surface area contributed by atoms with Crippen LogP contribution in [0, 0.1) is 11.3 Å². The van der Waals surface area contributed by atoms with E-state index < -0.39 is 0 Å². The van der Waals surface area contributed by atoms with Gasteiger partial charge in [-0.3, -0.25) is 0 Å². The summed E-state index contributed by atoms with van der Waals surface area (Å²) in [6, 6.07) is 3.74. The van der Waals surface area contributed by atoms with Crippen molar-refractivity contribution in [1.29, 1.82) is 5.26 Å². The fourth-order valence-corrected chi connectivity index (χ4v) is 1.35. The second kappa shape index (κ2) is 5.79. The Kier molecular flexibility index (Phi) is 4.64. The summed E-state index contributed by atoms with van der Waals surface area (Å²) in [4.78, 5) is 3.91. The Labute approximate surface area is 96.3 Å². The Hall–Kier alpha value is -0.850. The van der Waals surface area contributed by atoms with Gasteiger partial charge in [-0.05, 0) is 12.5 Å². The van der Waals surface area contributed by atoms with Crippen molar-refractivity contribution in [2.75, 3.05) is 5.33 Å². The van der Waals surface area contributed by atoms with Gasteiger partial charge in [0.1, 0.15) is 11.2 Å². The third-order valence-corrected chi connectivity index (χ3v) is 2.34. The summed E-state index contributed by atoms with van der Waals surface area (Å²) in [5, 5.41) is 9.99. The largest absolute Gasteiger partial charge is 0.243 e. The molecule has 0 aliphatic heterocycles. The molecule has 0 aliphatic rings. The molecule has 0 bridgehead atoms. The number of nitriles is 1. The van der Waals surface area contributed by atoms with Crippen molar-refractivity contribution < 1.29 is 0 Å². The molecule has 0 unspecified atom stereocenters. The van der Waals surface area contributed by atoms with Gasteiger partial charge in [0.05, 0.1) is 5.56 Å². The average Bonchev–Trinajstić information content (AvgIpc) is 2.21. The second-order valence-electron chi connectivity index (χ2n) is 2.60. The Bertz CT molecular complexity index is 382. The van der Waals surface area contributed by atoms with E-state index in [4.69, 9.17) is 16.9 Å². The van der Waals surface area contributed by atoms with Crippen LogP contribution in [-0.2, 0) is 0 Å². The lowest BCUT2D eigenvalue weighted by Crippen LogP contribution is -1.84. The summed E-state index contributed by atoms with van der Waals surface area (Å²) >= 11 is 9.17. The van der Waals surface area contributed by atoms with Crippen LogP contribution in [0.3, 0.4) is 0 Å². The predicted octanol–water partition coefficient (Wildman–Crippen LogP) is 3.40. The van der Waals surface area contributed by atoms with Crippen LogP contribution in [0.4, 0.5) is 0 Å². The molecule has 0 amide bonds. The van der Waals surface area contributed by atoms with Crippen molar-refractivity contribution >= 4 is 33.6 Å². The highest BCUT2D eigenvalue weighted by molar-refractivity contribution is 9.09. The Morgan fingerprint density at radius 1 is 1.64 bits per heavy atom. The molecule has 1 heterocycles. The first kappa shape index (κ1) is 11.2. The normalized spacial score (nSPS) is 10.4. The molecule has 0 fully saturated rings. The van der Waals surface area contributed by atoms with Crippen molar-refractivity contribution in [3.63, 3.8) is 0 Å². The zero-order chi connectivity index (χ0) is 10.4. The Morgan fingerprint density at radius 3 is 3.07 bits per heavy atom. The van der Waals surface area contributed by atoms with Crippen LogP contribution in [0.15, 0.2) is 18.3 Å². The molecule has 2 nitrogen and oxygen atoms in total. The van der Waals surface area contributed by atoms with Crippen LogP contribution in [0.2, 0.25) is 5.15 Å². The molecule has 0 aromatic carbocycles. The first-order valence-electron chi connectivity index (χ1n) is 4.06. The van der Waals surface area contributed by atoms with Crippen LogP contribution in [-0.4, -0.2) is 10.3 Å².